The lowest BCUT2D eigenvalue weighted by Gasteiger charge is -2.34. The molecule has 0 saturated carbocycles. The van der Waals surface area contributed by atoms with Crippen molar-refractivity contribution in [1.82, 2.24) is 19.4 Å². The number of ether oxygens (including phenoxy) is 1. The summed E-state index contributed by atoms with van der Waals surface area (Å²) in [6.07, 6.45) is 7.81. The molecule has 1 saturated heterocycles. The summed E-state index contributed by atoms with van der Waals surface area (Å²) >= 11 is 0. The van der Waals surface area contributed by atoms with Crippen LogP contribution in [0.2, 0.25) is 0 Å². The molecule has 0 aliphatic carbocycles. The number of fused-ring (bicyclic) bond motifs is 1. The van der Waals surface area contributed by atoms with E-state index in [1.54, 1.807) is 6.92 Å². The van der Waals surface area contributed by atoms with Gasteiger partial charge in [0.2, 0.25) is 11.8 Å². The first-order chi connectivity index (χ1) is 15.7. The molecule has 0 N–H and O–H groups in total. The number of nitrogens with zero attached hydrogens (tertiary/aromatic N) is 5. The molecule has 32 heavy (non-hydrogen) atoms. The van der Waals surface area contributed by atoms with Gasteiger partial charge in [0.15, 0.2) is 0 Å². The van der Waals surface area contributed by atoms with Gasteiger partial charge in [-0.1, -0.05) is 0 Å². The van der Waals surface area contributed by atoms with Gasteiger partial charge < -0.3 is 14.2 Å². The van der Waals surface area contributed by atoms with Crippen LogP contribution in [0.25, 0.3) is 16.5 Å². The van der Waals surface area contributed by atoms with Gasteiger partial charge in [-0.25, -0.2) is 4.98 Å². The van der Waals surface area contributed by atoms with Gasteiger partial charge in [0, 0.05) is 81.8 Å². The Bertz CT molecular complexity index is 1170. The molecule has 1 fully saturated rings. The SMILES string of the molecule is CC(=O)N1CCN(CCn2ccc3cc(Oc4ccc(C5=CC=NC5)cn4)ccc32)CC1. The van der Waals surface area contributed by atoms with Crippen molar-refractivity contribution >= 4 is 28.6 Å². The Kier molecular flexibility index (Phi) is 5.73. The van der Waals surface area contributed by atoms with Gasteiger partial charge in [0.05, 0.1) is 6.54 Å². The molecule has 2 aliphatic heterocycles. The maximum Gasteiger partial charge on any atom is 0.219 e. The Morgan fingerprint density at radius 1 is 1.06 bits per heavy atom. The third-order valence-electron chi connectivity index (χ3n) is 6.19. The van der Waals surface area contributed by atoms with Gasteiger partial charge >= 0.3 is 0 Å². The molecule has 164 valence electrons. The van der Waals surface area contributed by atoms with Gasteiger partial charge in [-0.2, -0.15) is 0 Å². The molecular weight excluding hydrogens is 402 g/mol. The summed E-state index contributed by atoms with van der Waals surface area (Å²) in [5.41, 5.74) is 3.44. The number of amides is 1. The molecule has 2 aliphatic rings. The van der Waals surface area contributed by atoms with Crippen molar-refractivity contribution in [2.75, 3.05) is 39.3 Å². The monoisotopic (exact) mass is 429 g/mol. The Labute approximate surface area is 187 Å². The minimum absolute atomic E-state index is 0.172. The highest BCUT2D eigenvalue weighted by Gasteiger charge is 2.18. The third kappa shape index (κ3) is 4.43. The lowest BCUT2D eigenvalue weighted by atomic mass is 10.1. The standard InChI is InChI=1S/C25H27N5O2/c1-19(31)29-13-10-28(11-14-29)12-15-30-9-7-20-16-23(3-4-24(20)30)32-25-5-2-21(18-27-25)22-6-8-26-17-22/h2-9,16,18H,10-15,17H2,1H3. The Morgan fingerprint density at radius 3 is 2.66 bits per heavy atom. The van der Waals surface area contributed by atoms with Crippen LogP contribution in [0, 0.1) is 0 Å². The zero-order valence-corrected chi connectivity index (χ0v) is 18.3. The summed E-state index contributed by atoms with van der Waals surface area (Å²) in [7, 11) is 0. The second kappa shape index (κ2) is 8.96. The fourth-order valence-corrected chi connectivity index (χ4v) is 4.26. The first kappa shape index (κ1) is 20.5. The van der Waals surface area contributed by atoms with Crippen molar-refractivity contribution in [3.8, 4) is 11.6 Å². The number of hydrogen-bond acceptors (Lipinski definition) is 5. The van der Waals surface area contributed by atoms with E-state index in [4.69, 9.17) is 4.74 Å². The lowest BCUT2D eigenvalue weighted by Crippen LogP contribution is -2.48. The summed E-state index contributed by atoms with van der Waals surface area (Å²) < 4.78 is 8.27. The maximum atomic E-state index is 11.5. The predicted molar refractivity (Wildman–Crippen MR) is 126 cm³/mol. The van der Waals surface area contributed by atoms with Crippen LogP contribution in [-0.4, -0.2) is 70.7 Å². The van der Waals surface area contributed by atoms with Crippen molar-refractivity contribution < 1.29 is 9.53 Å². The van der Waals surface area contributed by atoms with Crippen LogP contribution in [0.3, 0.4) is 0 Å². The molecule has 0 radical (unpaired) electrons. The Morgan fingerprint density at radius 2 is 1.94 bits per heavy atom. The van der Waals surface area contributed by atoms with Crippen molar-refractivity contribution in [2.24, 2.45) is 4.99 Å². The van der Waals surface area contributed by atoms with Crippen molar-refractivity contribution in [3.05, 3.63) is 60.4 Å². The van der Waals surface area contributed by atoms with Gasteiger partial charge in [0.1, 0.15) is 5.75 Å². The lowest BCUT2D eigenvalue weighted by molar-refractivity contribution is -0.130. The average Bonchev–Trinajstić information content (AvgIpc) is 3.49. The first-order valence-electron chi connectivity index (χ1n) is 11.1. The van der Waals surface area contributed by atoms with Crippen LogP contribution >= 0.6 is 0 Å². The maximum absolute atomic E-state index is 11.5. The molecule has 4 heterocycles. The number of benzene rings is 1. The van der Waals surface area contributed by atoms with Crippen LogP contribution in [0.5, 0.6) is 11.6 Å². The molecule has 0 spiro atoms. The molecule has 5 rings (SSSR count). The normalized spacial score (nSPS) is 16.5. The topological polar surface area (TPSA) is 63.0 Å². The minimum atomic E-state index is 0.172. The fourth-order valence-electron chi connectivity index (χ4n) is 4.26. The number of aliphatic imine (C=N–C) groups is 1. The summed E-state index contributed by atoms with van der Waals surface area (Å²) in [5.74, 6) is 1.53. The molecule has 2 aromatic heterocycles. The van der Waals surface area contributed by atoms with E-state index in [1.165, 1.54) is 11.1 Å². The number of rotatable bonds is 6. The largest absolute Gasteiger partial charge is 0.439 e. The van der Waals surface area contributed by atoms with E-state index < -0.39 is 0 Å². The van der Waals surface area contributed by atoms with Gasteiger partial charge in [-0.3, -0.25) is 14.7 Å². The molecule has 0 bridgehead atoms. The smallest absolute Gasteiger partial charge is 0.219 e. The first-order valence-corrected chi connectivity index (χ1v) is 11.1. The summed E-state index contributed by atoms with van der Waals surface area (Å²) in [6.45, 7) is 7.78. The molecule has 0 unspecified atom stereocenters. The zero-order valence-electron chi connectivity index (χ0n) is 18.3. The van der Waals surface area contributed by atoms with E-state index in [-0.39, 0.29) is 5.91 Å². The van der Waals surface area contributed by atoms with Crippen LogP contribution in [0.1, 0.15) is 12.5 Å². The summed E-state index contributed by atoms with van der Waals surface area (Å²) in [5, 5.41) is 1.15. The van der Waals surface area contributed by atoms with Crippen molar-refractivity contribution in [2.45, 2.75) is 13.5 Å². The fraction of sp³-hybridized carbons (Fsp3) is 0.320. The highest BCUT2D eigenvalue weighted by molar-refractivity contribution is 5.89. The Hall–Kier alpha value is -3.45. The van der Waals surface area contributed by atoms with E-state index in [1.807, 2.05) is 41.6 Å². The second-order valence-corrected chi connectivity index (χ2v) is 8.25. The quantitative estimate of drug-likeness (QED) is 0.602. The number of carbonyl (C=O) groups excluding carboxylic acids is 1. The molecule has 1 aromatic carbocycles. The minimum Gasteiger partial charge on any atom is -0.439 e. The molecular formula is C25H27N5O2. The third-order valence-corrected chi connectivity index (χ3v) is 6.19. The number of aromatic nitrogens is 2. The van der Waals surface area contributed by atoms with Gasteiger partial charge in [0.25, 0.3) is 0 Å². The number of carbonyl (C=O) groups is 1. The van der Waals surface area contributed by atoms with E-state index in [9.17, 15) is 4.79 Å². The van der Waals surface area contributed by atoms with Gasteiger partial charge in [-0.05, 0) is 47.5 Å². The average molecular weight is 430 g/mol. The van der Waals surface area contributed by atoms with Crippen LogP contribution in [-0.2, 0) is 11.3 Å². The summed E-state index contributed by atoms with van der Waals surface area (Å²) in [4.78, 5) is 24.5. The van der Waals surface area contributed by atoms with Gasteiger partial charge in [-0.15, -0.1) is 0 Å². The van der Waals surface area contributed by atoms with E-state index in [2.05, 4.69) is 43.8 Å². The number of hydrogen-bond donors (Lipinski definition) is 0. The zero-order chi connectivity index (χ0) is 21.9. The number of piperazine rings is 1. The van der Waals surface area contributed by atoms with E-state index in [0.29, 0.717) is 12.4 Å². The van der Waals surface area contributed by atoms with E-state index in [0.717, 1.165) is 56.0 Å². The molecule has 7 heteroatoms. The molecule has 7 nitrogen and oxygen atoms in total. The number of pyridine rings is 1. The van der Waals surface area contributed by atoms with Crippen LogP contribution in [0.4, 0.5) is 0 Å². The molecule has 0 atom stereocenters. The van der Waals surface area contributed by atoms with Crippen LogP contribution in [0.15, 0.2) is 59.9 Å². The molecule has 1 amide bonds. The Balaban J connectivity index is 1.20. The molecule has 3 aromatic rings. The van der Waals surface area contributed by atoms with E-state index >= 15 is 0 Å². The second-order valence-electron chi connectivity index (χ2n) is 8.25. The predicted octanol–water partition coefficient (Wildman–Crippen LogP) is 3.46. The van der Waals surface area contributed by atoms with Crippen LogP contribution < -0.4 is 4.74 Å². The summed E-state index contributed by atoms with van der Waals surface area (Å²) in [6, 6.07) is 12.2. The highest BCUT2D eigenvalue weighted by Crippen LogP contribution is 2.26. The highest BCUT2D eigenvalue weighted by atomic mass is 16.5. The van der Waals surface area contributed by atoms with Crippen molar-refractivity contribution in [1.29, 1.82) is 0 Å². The van der Waals surface area contributed by atoms with Crippen molar-refractivity contribution in [3.63, 3.8) is 0 Å². The number of allylic oxidation sites excluding steroid dienone is 1.